The summed E-state index contributed by atoms with van der Waals surface area (Å²) in [5, 5.41) is 5.84. The molecule has 3 heterocycles. The van der Waals surface area contributed by atoms with Crippen molar-refractivity contribution in [2.75, 3.05) is 19.8 Å². The van der Waals surface area contributed by atoms with Crippen LogP contribution in [0.5, 0.6) is 0 Å². The van der Waals surface area contributed by atoms with Crippen LogP contribution >= 0.6 is 0 Å². The summed E-state index contributed by atoms with van der Waals surface area (Å²) in [6.07, 6.45) is 7.80. The molecule has 2 fully saturated rings. The minimum Gasteiger partial charge on any atom is -0.381 e. The third kappa shape index (κ3) is 2.55. The second kappa shape index (κ2) is 6.01. The molecular weight excluding hydrogens is 276 g/mol. The number of benzene rings is 1. The average Bonchev–Trinajstić information content (AvgIpc) is 2.98. The minimum atomic E-state index is 0.108. The maximum Gasteiger partial charge on any atom is 0.150 e. The number of fused-ring (bicyclic) bond motifs is 1. The highest BCUT2D eigenvalue weighted by molar-refractivity contribution is 5.80. The van der Waals surface area contributed by atoms with Gasteiger partial charge in [0.2, 0.25) is 0 Å². The van der Waals surface area contributed by atoms with Crippen LogP contribution < -0.4 is 0 Å². The van der Waals surface area contributed by atoms with Crippen LogP contribution in [0.3, 0.4) is 0 Å². The highest BCUT2D eigenvalue weighted by atomic mass is 16.5. The second-order valence-electron chi connectivity index (χ2n) is 6.56. The zero-order valence-corrected chi connectivity index (χ0v) is 13.3. The summed E-state index contributed by atoms with van der Waals surface area (Å²) in [6, 6.07) is 4.64. The fraction of sp³-hybridized carbons (Fsp3) is 0.611. The van der Waals surface area contributed by atoms with Crippen molar-refractivity contribution in [3.05, 3.63) is 29.5 Å². The molecule has 22 heavy (non-hydrogen) atoms. The fourth-order valence-electron chi connectivity index (χ4n) is 3.82. The number of aryl methyl sites for hydroxylation is 1. The van der Waals surface area contributed by atoms with Gasteiger partial charge in [-0.3, -0.25) is 0 Å². The lowest BCUT2D eigenvalue weighted by molar-refractivity contribution is -0.0366. The molecule has 4 nitrogen and oxygen atoms in total. The van der Waals surface area contributed by atoms with E-state index in [4.69, 9.17) is 9.47 Å². The summed E-state index contributed by atoms with van der Waals surface area (Å²) in [6.45, 7) is 4.84. The largest absolute Gasteiger partial charge is 0.381 e. The van der Waals surface area contributed by atoms with Gasteiger partial charge in [-0.15, -0.1) is 0 Å². The molecule has 2 saturated heterocycles. The van der Waals surface area contributed by atoms with Crippen molar-refractivity contribution in [3.8, 4) is 0 Å². The smallest absolute Gasteiger partial charge is 0.150 e. The van der Waals surface area contributed by atoms with Crippen LogP contribution in [0.25, 0.3) is 10.9 Å². The van der Waals surface area contributed by atoms with Crippen molar-refractivity contribution in [2.45, 2.75) is 51.2 Å². The van der Waals surface area contributed by atoms with Crippen LogP contribution in [0.2, 0.25) is 0 Å². The predicted molar refractivity (Wildman–Crippen MR) is 86.1 cm³/mol. The molecule has 2 aliphatic rings. The molecule has 2 aromatic rings. The molecule has 0 amide bonds. The molecule has 118 valence electrons. The average molecular weight is 300 g/mol. The predicted octanol–water partition coefficient (Wildman–Crippen LogP) is 3.94. The van der Waals surface area contributed by atoms with E-state index in [1.54, 1.807) is 0 Å². The first-order valence-electron chi connectivity index (χ1n) is 8.50. The summed E-state index contributed by atoms with van der Waals surface area (Å²) in [4.78, 5) is 0. The van der Waals surface area contributed by atoms with E-state index in [0.717, 1.165) is 39.1 Å². The van der Waals surface area contributed by atoms with Crippen LogP contribution in [0.4, 0.5) is 0 Å². The number of hydrogen-bond acceptors (Lipinski definition) is 3. The quantitative estimate of drug-likeness (QED) is 0.843. The monoisotopic (exact) mass is 300 g/mol. The lowest BCUT2D eigenvalue weighted by atomic mass is 9.88. The zero-order chi connectivity index (χ0) is 14.9. The molecule has 1 aromatic carbocycles. The molecule has 1 aromatic heterocycles. The Balaban J connectivity index is 1.73. The normalized spacial score (nSPS) is 24.0. The zero-order valence-electron chi connectivity index (χ0n) is 13.3. The Morgan fingerprint density at radius 2 is 1.95 bits per heavy atom. The SMILES string of the molecule is Cc1cc2cnn(C3CCCCO3)c2cc1C1CCOCC1. The standard InChI is InChI=1S/C18H24N2O2/c1-13-10-15-12-19-20(18-4-2-3-7-22-18)17(15)11-16(13)14-5-8-21-9-6-14/h10-12,14,18H,2-9H2,1H3. The van der Waals surface area contributed by atoms with Gasteiger partial charge in [0, 0.05) is 25.2 Å². The lowest BCUT2D eigenvalue weighted by Crippen LogP contribution is -2.19. The van der Waals surface area contributed by atoms with Crippen molar-refractivity contribution in [3.63, 3.8) is 0 Å². The van der Waals surface area contributed by atoms with Gasteiger partial charge in [0.15, 0.2) is 6.23 Å². The Morgan fingerprint density at radius 1 is 1.09 bits per heavy atom. The highest BCUT2D eigenvalue weighted by Gasteiger charge is 2.22. The van der Waals surface area contributed by atoms with E-state index < -0.39 is 0 Å². The van der Waals surface area contributed by atoms with Crippen molar-refractivity contribution in [1.82, 2.24) is 9.78 Å². The first kappa shape index (κ1) is 14.2. The maximum absolute atomic E-state index is 5.93. The lowest BCUT2D eigenvalue weighted by Gasteiger charge is -2.26. The summed E-state index contributed by atoms with van der Waals surface area (Å²) in [5.41, 5.74) is 4.07. The molecule has 0 spiro atoms. The van der Waals surface area contributed by atoms with E-state index in [-0.39, 0.29) is 6.23 Å². The highest BCUT2D eigenvalue weighted by Crippen LogP contribution is 2.33. The summed E-state index contributed by atoms with van der Waals surface area (Å²) < 4.78 is 13.5. The van der Waals surface area contributed by atoms with E-state index in [0.29, 0.717) is 5.92 Å². The maximum atomic E-state index is 5.93. The Morgan fingerprint density at radius 3 is 2.73 bits per heavy atom. The molecule has 0 saturated carbocycles. The Hall–Kier alpha value is -1.39. The molecule has 1 atom stereocenters. The Kier molecular flexibility index (Phi) is 3.89. The van der Waals surface area contributed by atoms with Crippen LogP contribution in [0, 0.1) is 6.92 Å². The van der Waals surface area contributed by atoms with Crippen LogP contribution in [-0.4, -0.2) is 29.6 Å². The Bertz CT molecular complexity index is 652. The number of rotatable bonds is 2. The van der Waals surface area contributed by atoms with E-state index in [1.165, 1.54) is 34.9 Å². The van der Waals surface area contributed by atoms with E-state index in [9.17, 15) is 0 Å². The first-order chi connectivity index (χ1) is 10.8. The fourth-order valence-corrected chi connectivity index (χ4v) is 3.82. The van der Waals surface area contributed by atoms with Gasteiger partial charge in [-0.25, -0.2) is 4.68 Å². The van der Waals surface area contributed by atoms with Gasteiger partial charge in [-0.05, 0) is 68.2 Å². The Labute approximate surface area is 131 Å². The third-order valence-corrected chi connectivity index (χ3v) is 5.07. The van der Waals surface area contributed by atoms with E-state index in [1.807, 2.05) is 6.20 Å². The molecule has 0 radical (unpaired) electrons. The van der Waals surface area contributed by atoms with Gasteiger partial charge in [0.25, 0.3) is 0 Å². The molecule has 2 aliphatic heterocycles. The van der Waals surface area contributed by atoms with Crippen LogP contribution in [0.15, 0.2) is 18.3 Å². The van der Waals surface area contributed by atoms with E-state index >= 15 is 0 Å². The van der Waals surface area contributed by atoms with Gasteiger partial charge >= 0.3 is 0 Å². The molecule has 4 heteroatoms. The van der Waals surface area contributed by atoms with Crippen molar-refractivity contribution >= 4 is 10.9 Å². The van der Waals surface area contributed by atoms with E-state index in [2.05, 4.69) is 28.8 Å². The van der Waals surface area contributed by atoms with Gasteiger partial charge in [-0.2, -0.15) is 5.10 Å². The minimum absolute atomic E-state index is 0.108. The van der Waals surface area contributed by atoms with Crippen molar-refractivity contribution in [1.29, 1.82) is 0 Å². The summed E-state index contributed by atoms with van der Waals surface area (Å²) in [7, 11) is 0. The number of ether oxygens (including phenoxy) is 2. The number of hydrogen-bond donors (Lipinski definition) is 0. The molecule has 0 aliphatic carbocycles. The second-order valence-corrected chi connectivity index (χ2v) is 6.56. The number of nitrogens with zero attached hydrogens (tertiary/aromatic N) is 2. The van der Waals surface area contributed by atoms with Crippen LogP contribution in [-0.2, 0) is 9.47 Å². The molecule has 1 unspecified atom stereocenters. The van der Waals surface area contributed by atoms with Gasteiger partial charge in [0.05, 0.1) is 11.7 Å². The van der Waals surface area contributed by atoms with Gasteiger partial charge in [0.1, 0.15) is 0 Å². The van der Waals surface area contributed by atoms with Gasteiger partial charge in [-0.1, -0.05) is 0 Å². The van der Waals surface area contributed by atoms with Gasteiger partial charge < -0.3 is 9.47 Å². The molecule has 0 bridgehead atoms. The molecule has 0 N–H and O–H groups in total. The first-order valence-corrected chi connectivity index (χ1v) is 8.50. The topological polar surface area (TPSA) is 36.3 Å². The summed E-state index contributed by atoms with van der Waals surface area (Å²) in [5.74, 6) is 0.619. The summed E-state index contributed by atoms with van der Waals surface area (Å²) >= 11 is 0. The molecular formula is C18H24N2O2. The van der Waals surface area contributed by atoms with Crippen molar-refractivity contribution in [2.24, 2.45) is 0 Å². The third-order valence-electron chi connectivity index (χ3n) is 5.07. The van der Waals surface area contributed by atoms with Crippen LogP contribution in [0.1, 0.15) is 55.4 Å². The number of aromatic nitrogens is 2. The van der Waals surface area contributed by atoms with Crippen molar-refractivity contribution < 1.29 is 9.47 Å². The molecule has 4 rings (SSSR count).